The molecular weight excluding hydrogens is 500 g/mol. The Hall–Kier alpha value is -3.98. The summed E-state index contributed by atoms with van der Waals surface area (Å²) < 4.78 is 28.2. The topological polar surface area (TPSA) is 99.6 Å². The third-order valence-electron chi connectivity index (χ3n) is 8.23. The molecule has 0 radical (unpaired) electrons. The van der Waals surface area contributed by atoms with Gasteiger partial charge in [0.1, 0.15) is 0 Å². The maximum atomic E-state index is 13.3. The van der Waals surface area contributed by atoms with Crippen LogP contribution >= 0.6 is 0 Å². The van der Waals surface area contributed by atoms with E-state index in [4.69, 9.17) is 23.7 Å². The first-order valence-electron chi connectivity index (χ1n) is 13.1. The number of benzene rings is 2. The molecular formula is C30H32N2O7. The number of methoxy groups -OCH3 is 2. The number of nitrogens with zero attached hydrogens (tertiary/aromatic N) is 2. The number of phenolic OH excluding ortho intramolecular Hbond substituents is 1. The minimum Gasteiger partial charge on any atom is -0.502 e. The van der Waals surface area contributed by atoms with Crippen molar-refractivity contribution in [3.8, 4) is 28.7 Å². The molecule has 1 fully saturated rings. The van der Waals surface area contributed by atoms with Crippen molar-refractivity contribution >= 4 is 5.97 Å². The number of rotatable bonds is 8. The van der Waals surface area contributed by atoms with E-state index in [1.807, 2.05) is 30.6 Å². The van der Waals surface area contributed by atoms with Gasteiger partial charge in [-0.2, -0.15) is 0 Å². The largest absolute Gasteiger partial charge is 0.502 e. The highest BCUT2D eigenvalue weighted by Gasteiger charge is 2.52. The molecule has 0 bridgehead atoms. The highest BCUT2D eigenvalue weighted by Crippen LogP contribution is 2.57. The molecule has 3 heterocycles. The quantitative estimate of drug-likeness (QED) is 0.430. The number of carbonyl (C=O) groups excluding carboxylic acids is 1. The Balaban J connectivity index is 1.41. The number of hydrogen-bond acceptors (Lipinski definition) is 9. The lowest BCUT2D eigenvalue weighted by Gasteiger charge is -2.40. The summed E-state index contributed by atoms with van der Waals surface area (Å²) in [5.41, 5.74) is 4.14. The van der Waals surface area contributed by atoms with Crippen molar-refractivity contribution in [2.75, 3.05) is 41.2 Å². The van der Waals surface area contributed by atoms with E-state index in [1.165, 1.54) is 19.8 Å². The van der Waals surface area contributed by atoms with Crippen molar-refractivity contribution in [1.29, 1.82) is 0 Å². The third kappa shape index (κ3) is 4.50. The van der Waals surface area contributed by atoms with Crippen molar-refractivity contribution in [2.45, 2.75) is 24.8 Å². The van der Waals surface area contributed by atoms with Crippen LogP contribution in [0.25, 0.3) is 0 Å². The number of pyridine rings is 1. The van der Waals surface area contributed by atoms with Crippen LogP contribution in [-0.4, -0.2) is 62.2 Å². The fraction of sp³-hybridized carbons (Fsp3) is 0.400. The summed E-state index contributed by atoms with van der Waals surface area (Å²) in [4.78, 5) is 19.7. The van der Waals surface area contributed by atoms with Gasteiger partial charge in [0, 0.05) is 30.8 Å². The second kappa shape index (κ2) is 10.3. The van der Waals surface area contributed by atoms with Gasteiger partial charge in [0.2, 0.25) is 12.5 Å². The van der Waals surface area contributed by atoms with E-state index in [1.54, 1.807) is 12.1 Å². The zero-order valence-corrected chi connectivity index (χ0v) is 22.3. The van der Waals surface area contributed by atoms with Crippen LogP contribution in [0, 0.1) is 11.8 Å². The SMILES string of the molecule is COc1cc([C@@H]2c3cc4c(cc3[C@@H](CCN(C)Cc3ccncc3)[C@H]3COC(=O)[C@H]23)OCO4)cc(OC)c1O. The Labute approximate surface area is 227 Å². The number of aromatic nitrogens is 1. The molecule has 3 aromatic rings. The molecule has 3 aliphatic rings. The molecule has 4 atom stereocenters. The van der Waals surface area contributed by atoms with E-state index in [-0.39, 0.29) is 47.8 Å². The van der Waals surface area contributed by atoms with Gasteiger partial charge in [-0.25, -0.2) is 0 Å². The molecule has 2 aliphatic heterocycles. The van der Waals surface area contributed by atoms with Crippen LogP contribution in [0.3, 0.4) is 0 Å². The monoisotopic (exact) mass is 532 g/mol. The van der Waals surface area contributed by atoms with Gasteiger partial charge in [0.25, 0.3) is 0 Å². The summed E-state index contributed by atoms with van der Waals surface area (Å²) in [6, 6.07) is 11.7. The maximum Gasteiger partial charge on any atom is 0.310 e. The summed E-state index contributed by atoms with van der Waals surface area (Å²) >= 11 is 0. The molecule has 0 amide bonds. The Kier molecular flexibility index (Phi) is 6.68. The lowest BCUT2D eigenvalue weighted by atomic mass is 9.62. The van der Waals surface area contributed by atoms with Gasteiger partial charge in [0.15, 0.2) is 23.0 Å². The zero-order chi connectivity index (χ0) is 27.1. The normalized spacial score (nSPS) is 22.8. The van der Waals surface area contributed by atoms with E-state index < -0.39 is 5.92 Å². The van der Waals surface area contributed by atoms with Crippen LogP contribution in [0.1, 0.15) is 40.5 Å². The zero-order valence-electron chi connectivity index (χ0n) is 22.3. The molecule has 2 aromatic carbocycles. The molecule has 1 aliphatic carbocycles. The molecule has 0 unspecified atom stereocenters. The average molecular weight is 533 g/mol. The minimum absolute atomic E-state index is 0.0181. The van der Waals surface area contributed by atoms with Crippen molar-refractivity contribution in [1.82, 2.24) is 9.88 Å². The van der Waals surface area contributed by atoms with Gasteiger partial charge in [0.05, 0.1) is 26.7 Å². The number of carbonyl (C=O) groups is 1. The predicted octanol–water partition coefficient (Wildman–Crippen LogP) is 4.07. The first-order valence-corrected chi connectivity index (χ1v) is 13.1. The van der Waals surface area contributed by atoms with Crippen molar-refractivity contribution in [3.05, 3.63) is 71.0 Å². The van der Waals surface area contributed by atoms with Gasteiger partial charge in [-0.1, -0.05) is 0 Å². The summed E-state index contributed by atoms with van der Waals surface area (Å²) in [5.74, 6) is 1.00. The molecule has 0 saturated carbocycles. The summed E-state index contributed by atoms with van der Waals surface area (Å²) in [5, 5.41) is 10.6. The molecule has 1 aromatic heterocycles. The fourth-order valence-corrected chi connectivity index (χ4v) is 6.38. The number of cyclic esters (lactones) is 1. The predicted molar refractivity (Wildman–Crippen MR) is 141 cm³/mol. The summed E-state index contributed by atoms with van der Waals surface area (Å²) in [6.45, 7) is 2.17. The van der Waals surface area contributed by atoms with E-state index in [9.17, 15) is 9.90 Å². The molecule has 0 spiro atoms. The molecule has 39 heavy (non-hydrogen) atoms. The molecule has 6 rings (SSSR count). The standard InChI is InChI=1S/C30H32N2O7/c1-32(14-17-4-7-31-8-5-17)9-6-19-20-12-23-24(39-16-38-23)13-21(20)27(28-22(19)15-37-30(28)34)18-10-25(35-2)29(33)26(11-18)36-3/h4-5,7-8,10-13,19,22,27-28,33H,6,9,14-16H2,1-3H3/t19-,22-,27-,28+/m1/s1. The van der Waals surface area contributed by atoms with Gasteiger partial charge < -0.3 is 33.7 Å². The fourth-order valence-electron chi connectivity index (χ4n) is 6.38. The number of hydrogen-bond donors (Lipinski definition) is 1. The van der Waals surface area contributed by atoms with Crippen LogP contribution in [0.4, 0.5) is 0 Å². The number of esters is 1. The number of phenols is 1. The Morgan fingerprint density at radius 1 is 1.00 bits per heavy atom. The molecule has 1 saturated heterocycles. The molecule has 9 nitrogen and oxygen atoms in total. The van der Waals surface area contributed by atoms with E-state index >= 15 is 0 Å². The van der Waals surface area contributed by atoms with Crippen molar-refractivity contribution in [3.63, 3.8) is 0 Å². The Morgan fingerprint density at radius 3 is 2.33 bits per heavy atom. The Bertz CT molecular complexity index is 1350. The number of fused-ring (bicyclic) bond motifs is 3. The van der Waals surface area contributed by atoms with Crippen molar-refractivity contribution < 1.29 is 33.6 Å². The van der Waals surface area contributed by atoms with Crippen molar-refractivity contribution in [2.24, 2.45) is 11.8 Å². The first kappa shape index (κ1) is 25.3. The summed E-state index contributed by atoms with van der Waals surface area (Å²) in [7, 11) is 5.10. The highest BCUT2D eigenvalue weighted by molar-refractivity contribution is 5.79. The van der Waals surface area contributed by atoms with Gasteiger partial charge in [-0.15, -0.1) is 0 Å². The van der Waals surface area contributed by atoms with E-state index in [2.05, 4.69) is 23.0 Å². The highest BCUT2D eigenvalue weighted by atomic mass is 16.7. The number of ether oxygens (including phenoxy) is 5. The maximum absolute atomic E-state index is 13.3. The lowest BCUT2D eigenvalue weighted by molar-refractivity contribution is -0.141. The third-order valence-corrected chi connectivity index (χ3v) is 8.23. The van der Waals surface area contributed by atoms with Crippen LogP contribution in [0.15, 0.2) is 48.8 Å². The smallest absolute Gasteiger partial charge is 0.310 e. The van der Waals surface area contributed by atoms with Gasteiger partial charge >= 0.3 is 5.97 Å². The second-order valence-electron chi connectivity index (χ2n) is 10.4. The average Bonchev–Trinajstić information content (AvgIpc) is 3.57. The van der Waals surface area contributed by atoms with E-state index in [0.29, 0.717) is 18.1 Å². The van der Waals surface area contributed by atoms with Gasteiger partial charge in [-0.3, -0.25) is 9.78 Å². The molecule has 1 N–H and O–H groups in total. The lowest BCUT2D eigenvalue weighted by Crippen LogP contribution is -2.36. The Morgan fingerprint density at radius 2 is 1.67 bits per heavy atom. The molecule has 9 heteroatoms. The minimum atomic E-state index is -0.396. The van der Waals surface area contributed by atoms with E-state index in [0.717, 1.165) is 36.2 Å². The van der Waals surface area contributed by atoms with Crippen LogP contribution in [-0.2, 0) is 16.1 Å². The van der Waals surface area contributed by atoms with Crippen LogP contribution in [0.5, 0.6) is 28.7 Å². The summed E-state index contributed by atoms with van der Waals surface area (Å²) in [6.07, 6.45) is 4.46. The second-order valence-corrected chi connectivity index (χ2v) is 10.4. The molecule has 204 valence electrons. The van der Waals surface area contributed by atoms with Crippen LogP contribution in [0.2, 0.25) is 0 Å². The number of aromatic hydroxyl groups is 1. The first-order chi connectivity index (χ1) is 19.0. The van der Waals surface area contributed by atoms with Crippen LogP contribution < -0.4 is 18.9 Å². The van der Waals surface area contributed by atoms with Gasteiger partial charge in [-0.05, 0) is 84.6 Å².